The molecule has 0 radical (unpaired) electrons. The highest BCUT2D eigenvalue weighted by Gasteiger charge is 2.18. The maximum atomic E-state index is 5.74. The Morgan fingerprint density at radius 1 is 1.35 bits per heavy atom. The second-order valence-corrected chi connectivity index (χ2v) is 5.01. The molecule has 1 fully saturated rings. The third kappa shape index (κ3) is 2.85. The number of aromatic nitrogens is 5. The van der Waals surface area contributed by atoms with Crippen molar-refractivity contribution in [2.45, 2.75) is 18.9 Å². The van der Waals surface area contributed by atoms with Crippen molar-refractivity contribution in [1.82, 2.24) is 29.6 Å². The second kappa shape index (κ2) is 5.41. The van der Waals surface area contributed by atoms with Crippen LogP contribution in [0.4, 0.5) is 11.9 Å². The lowest BCUT2D eigenvalue weighted by atomic mass is 10.1. The monoisotopic (exact) mass is 274 g/mol. The van der Waals surface area contributed by atoms with Gasteiger partial charge in [0.2, 0.25) is 11.9 Å². The summed E-state index contributed by atoms with van der Waals surface area (Å²) in [5.41, 5.74) is 5.74. The Labute approximate surface area is 117 Å². The van der Waals surface area contributed by atoms with Crippen LogP contribution >= 0.6 is 0 Å². The van der Waals surface area contributed by atoms with Gasteiger partial charge in [0.25, 0.3) is 5.95 Å². The Kier molecular flexibility index (Phi) is 3.46. The molecule has 0 spiro atoms. The van der Waals surface area contributed by atoms with Gasteiger partial charge in [-0.15, -0.1) is 0 Å². The predicted octanol–water partition coefficient (Wildman–Crippen LogP) is 0.146. The number of nitrogens with one attached hydrogen (secondary N) is 1. The van der Waals surface area contributed by atoms with E-state index in [1.807, 2.05) is 6.07 Å². The molecule has 3 N–H and O–H groups in total. The minimum atomic E-state index is 0.192. The molecule has 0 aliphatic carbocycles. The number of nitrogens with zero attached hydrogens (tertiary/aromatic N) is 6. The van der Waals surface area contributed by atoms with Crippen molar-refractivity contribution in [2.75, 3.05) is 31.2 Å². The molecule has 1 unspecified atom stereocenters. The van der Waals surface area contributed by atoms with Crippen molar-refractivity contribution in [3.63, 3.8) is 0 Å². The molecule has 2 aromatic rings. The van der Waals surface area contributed by atoms with Gasteiger partial charge in [0.1, 0.15) is 0 Å². The average molecular weight is 274 g/mol. The number of piperidine rings is 1. The lowest BCUT2D eigenvalue weighted by Gasteiger charge is -2.30. The minimum Gasteiger partial charge on any atom is -0.368 e. The van der Waals surface area contributed by atoms with E-state index in [4.69, 9.17) is 5.73 Å². The smallest absolute Gasteiger partial charge is 0.257 e. The van der Waals surface area contributed by atoms with Gasteiger partial charge in [-0.25, -0.2) is 4.68 Å². The van der Waals surface area contributed by atoms with Gasteiger partial charge in [-0.05, 0) is 32.5 Å². The van der Waals surface area contributed by atoms with Gasteiger partial charge in [0, 0.05) is 25.0 Å². The molecule has 8 nitrogen and oxygen atoms in total. The summed E-state index contributed by atoms with van der Waals surface area (Å²) in [6.45, 7) is 2.11. The summed E-state index contributed by atoms with van der Waals surface area (Å²) in [4.78, 5) is 14.9. The van der Waals surface area contributed by atoms with Crippen molar-refractivity contribution in [3.05, 3.63) is 18.5 Å². The minimum absolute atomic E-state index is 0.192. The zero-order valence-electron chi connectivity index (χ0n) is 11.4. The molecule has 0 amide bonds. The maximum Gasteiger partial charge on any atom is 0.257 e. The van der Waals surface area contributed by atoms with E-state index in [0.717, 1.165) is 19.5 Å². The van der Waals surface area contributed by atoms with Crippen LogP contribution in [0.5, 0.6) is 0 Å². The molecule has 0 saturated carbocycles. The molecule has 0 aromatic carbocycles. The van der Waals surface area contributed by atoms with Crippen LogP contribution in [-0.2, 0) is 0 Å². The number of rotatable bonds is 3. The first-order valence-corrected chi connectivity index (χ1v) is 6.67. The summed E-state index contributed by atoms with van der Waals surface area (Å²) in [6.07, 6.45) is 5.71. The first kappa shape index (κ1) is 12.8. The third-order valence-electron chi connectivity index (χ3n) is 3.31. The Bertz CT molecular complexity index is 567. The molecule has 1 aliphatic heterocycles. The van der Waals surface area contributed by atoms with E-state index in [0.29, 0.717) is 17.9 Å². The fourth-order valence-electron chi connectivity index (χ4n) is 2.40. The predicted molar refractivity (Wildman–Crippen MR) is 75.5 cm³/mol. The SMILES string of the molecule is CN1CCCC(Nc2nc(N)nc(-n3cccn3)n2)C1. The molecule has 106 valence electrons. The van der Waals surface area contributed by atoms with Crippen LogP contribution in [-0.4, -0.2) is 55.8 Å². The summed E-state index contributed by atoms with van der Waals surface area (Å²) in [7, 11) is 2.12. The fraction of sp³-hybridized carbons (Fsp3) is 0.500. The van der Waals surface area contributed by atoms with Crippen LogP contribution in [0.1, 0.15) is 12.8 Å². The van der Waals surface area contributed by atoms with E-state index in [9.17, 15) is 0 Å². The second-order valence-electron chi connectivity index (χ2n) is 5.01. The highest BCUT2D eigenvalue weighted by Crippen LogP contribution is 2.13. The molecular formula is C12H18N8. The van der Waals surface area contributed by atoms with Gasteiger partial charge < -0.3 is 16.0 Å². The third-order valence-corrected chi connectivity index (χ3v) is 3.31. The highest BCUT2D eigenvalue weighted by molar-refractivity contribution is 5.35. The van der Waals surface area contributed by atoms with E-state index in [1.54, 1.807) is 17.1 Å². The summed E-state index contributed by atoms with van der Waals surface area (Å²) in [6, 6.07) is 2.14. The summed E-state index contributed by atoms with van der Waals surface area (Å²) in [5.74, 6) is 1.12. The standard InChI is InChI=1S/C12H18N8/c1-19-6-2-4-9(8-19)15-11-16-10(13)17-12(18-11)20-7-3-5-14-20/h3,5,7,9H,2,4,6,8H2,1H3,(H3,13,15,16,17,18). The number of likely N-dealkylation sites (N-methyl/N-ethyl adjacent to an activating group) is 1. The van der Waals surface area contributed by atoms with Crippen molar-refractivity contribution < 1.29 is 0 Å². The first-order valence-electron chi connectivity index (χ1n) is 6.67. The first-order chi connectivity index (χ1) is 9.70. The van der Waals surface area contributed by atoms with Gasteiger partial charge in [0.15, 0.2) is 0 Å². The van der Waals surface area contributed by atoms with Gasteiger partial charge in [0.05, 0.1) is 0 Å². The molecule has 3 heterocycles. The van der Waals surface area contributed by atoms with Crippen LogP contribution in [0.15, 0.2) is 18.5 Å². The Hall–Kier alpha value is -2.22. The maximum absolute atomic E-state index is 5.74. The molecule has 8 heteroatoms. The number of nitrogen functional groups attached to an aromatic ring is 1. The van der Waals surface area contributed by atoms with Crippen molar-refractivity contribution in [3.8, 4) is 5.95 Å². The molecule has 0 bridgehead atoms. The van der Waals surface area contributed by atoms with Gasteiger partial charge >= 0.3 is 0 Å². The van der Waals surface area contributed by atoms with Crippen molar-refractivity contribution in [2.24, 2.45) is 0 Å². The molecule has 20 heavy (non-hydrogen) atoms. The van der Waals surface area contributed by atoms with Crippen LogP contribution in [0.2, 0.25) is 0 Å². The number of hydrogen-bond donors (Lipinski definition) is 2. The van der Waals surface area contributed by atoms with Gasteiger partial charge in [-0.2, -0.15) is 20.1 Å². The molecular weight excluding hydrogens is 256 g/mol. The summed E-state index contributed by atoms with van der Waals surface area (Å²) >= 11 is 0. The van der Waals surface area contributed by atoms with Crippen molar-refractivity contribution in [1.29, 1.82) is 0 Å². The zero-order valence-corrected chi connectivity index (χ0v) is 11.4. The van der Waals surface area contributed by atoms with E-state index in [2.05, 4.69) is 37.3 Å². The van der Waals surface area contributed by atoms with E-state index < -0.39 is 0 Å². The quantitative estimate of drug-likeness (QED) is 0.821. The molecule has 1 aliphatic rings. The molecule has 1 saturated heterocycles. The largest absolute Gasteiger partial charge is 0.368 e. The fourth-order valence-corrected chi connectivity index (χ4v) is 2.40. The van der Waals surface area contributed by atoms with Crippen LogP contribution in [0.3, 0.4) is 0 Å². The normalized spacial score (nSPS) is 19.9. The topological polar surface area (TPSA) is 97.8 Å². The highest BCUT2D eigenvalue weighted by atomic mass is 15.4. The Morgan fingerprint density at radius 3 is 3.00 bits per heavy atom. The lowest BCUT2D eigenvalue weighted by molar-refractivity contribution is 0.260. The number of hydrogen-bond acceptors (Lipinski definition) is 7. The molecule has 2 aromatic heterocycles. The molecule has 1 atom stereocenters. The van der Waals surface area contributed by atoms with Crippen LogP contribution in [0, 0.1) is 0 Å². The Balaban J connectivity index is 1.79. The van der Waals surface area contributed by atoms with E-state index in [1.165, 1.54) is 6.42 Å². The number of nitrogens with two attached hydrogens (primary N) is 1. The number of likely N-dealkylation sites (tertiary alicyclic amines) is 1. The van der Waals surface area contributed by atoms with Crippen LogP contribution < -0.4 is 11.1 Å². The summed E-state index contributed by atoms with van der Waals surface area (Å²) < 4.78 is 1.57. The van der Waals surface area contributed by atoms with E-state index in [-0.39, 0.29) is 5.95 Å². The number of anilines is 2. The van der Waals surface area contributed by atoms with Gasteiger partial charge in [-0.1, -0.05) is 0 Å². The van der Waals surface area contributed by atoms with E-state index >= 15 is 0 Å². The Morgan fingerprint density at radius 2 is 2.25 bits per heavy atom. The average Bonchev–Trinajstić information content (AvgIpc) is 2.91. The zero-order chi connectivity index (χ0) is 13.9. The summed E-state index contributed by atoms with van der Waals surface area (Å²) in [5, 5.41) is 7.43. The lowest BCUT2D eigenvalue weighted by Crippen LogP contribution is -2.40. The molecule has 3 rings (SSSR count). The van der Waals surface area contributed by atoms with Gasteiger partial charge in [-0.3, -0.25) is 0 Å². The van der Waals surface area contributed by atoms with Crippen LogP contribution in [0.25, 0.3) is 5.95 Å². The van der Waals surface area contributed by atoms with Crippen molar-refractivity contribution >= 4 is 11.9 Å².